The summed E-state index contributed by atoms with van der Waals surface area (Å²) in [5.74, 6) is -5.00. The molecule has 236 valence electrons. The number of phenolic OH excluding ortho intramolecular Hbond substituents is 5. The number of aliphatic carboxylic acids is 1. The molecule has 6 N–H and O–H groups in total. The molecule has 11 heteroatoms. The number of aromatic hydroxyl groups is 5. The second-order valence-electron chi connectivity index (χ2n) is 9.85. The van der Waals surface area contributed by atoms with E-state index >= 15 is 0 Å². The number of benzene rings is 4. The summed E-state index contributed by atoms with van der Waals surface area (Å²) in [5.41, 5.74) is 1.50. The number of carboxylic acids is 1. The van der Waals surface area contributed by atoms with Crippen LogP contribution in [0.3, 0.4) is 0 Å². The van der Waals surface area contributed by atoms with Gasteiger partial charge in [0.2, 0.25) is 0 Å². The van der Waals surface area contributed by atoms with E-state index < -0.39 is 29.3 Å². The summed E-state index contributed by atoms with van der Waals surface area (Å²) in [5, 5.41) is 58.4. The zero-order chi connectivity index (χ0) is 34.1. The monoisotopic (exact) mass is 634 g/mol. The molecule has 0 saturated heterocycles. The molecule has 4 rings (SSSR count). The van der Waals surface area contributed by atoms with E-state index in [-0.39, 0.29) is 39.9 Å². The number of phenols is 5. The minimum Gasteiger partial charge on any atom is -0.507 e. The largest absolute Gasteiger partial charge is 0.507 e. The second-order valence-corrected chi connectivity index (χ2v) is 9.85. The Morgan fingerprint density at radius 2 is 0.957 bits per heavy atom. The molecule has 0 aliphatic carbocycles. The first-order valence-corrected chi connectivity index (χ1v) is 13.7. The summed E-state index contributed by atoms with van der Waals surface area (Å²) in [6, 6.07) is 16.2. The van der Waals surface area contributed by atoms with E-state index in [1.807, 2.05) is 0 Å². The van der Waals surface area contributed by atoms with Gasteiger partial charge in [-0.3, -0.25) is 9.59 Å². The smallest absolute Gasteiger partial charge is 0.336 e. The van der Waals surface area contributed by atoms with Crippen molar-refractivity contribution in [2.75, 3.05) is 0 Å². The van der Waals surface area contributed by atoms with Crippen LogP contribution in [0.1, 0.15) is 43.0 Å². The fourth-order valence-corrected chi connectivity index (χ4v) is 4.08. The van der Waals surface area contributed by atoms with E-state index in [2.05, 4.69) is 0 Å². The fourth-order valence-electron chi connectivity index (χ4n) is 4.08. The number of esters is 1. The van der Waals surface area contributed by atoms with Gasteiger partial charge in [0, 0.05) is 12.2 Å². The van der Waals surface area contributed by atoms with Crippen LogP contribution in [-0.2, 0) is 9.59 Å². The van der Waals surface area contributed by atoms with Crippen molar-refractivity contribution in [2.24, 2.45) is 0 Å². The summed E-state index contributed by atoms with van der Waals surface area (Å²) in [6.07, 6.45) is 9.65. The van der Waals surface area contributed by atoms with Crippen molar-refractivity contribution < 1.29 is 54.6 Å². The third kappa shape index (κ3) is 9.06. The minimum atomic E-state index is -1.16. The van der Waals surface area contributed by atoms with Crippen molar-refractivity contribution in [1.29, 1.82) is 0 Å². The molecule has 0 bridgehead atoms. The maximum absolute atomic E-state index is 12.7. The van der Waals surface area contributed by atoms with Crippen LogP contribution in [0.25, 0.3) is 24.3 Å². The van der Waals surface area contributed by atoms with Crippen LogP contribution >= 0.6 is 0 Å². The van der Waals surface area contributed by atoms with Crippen molar-refractivity contribution in [3.63, 3.8) is 0 Å². The average Bonchev–Trinajstić information content (AvgIpc) is 3.03. The van der Waals surface area contributed by atoms with Gasteiger partial charge in [0.25, 0.3) is 0 Å². The van der Waals surface area contributed by atoms with Crippen molar-refractivity contribution in [3.05, 3.63) is 130 Å². The van der Waals surface area contributed by atoms with Gasteiger partial charge in [-0.05, 0) is 95.1 Å². The van der Waals surface area contributed by atoms with Gasteiger partial charge in [-0.15, -0.1) is 0 Å². The number of carbonyl (C=O) groups excluding carboxylic acids is 3. The van der Waals surface area contributed by atoms with Crippen molar-refractivity contribution in [2.45, 2.75) is 0 Å². The van der Waals surface area contributed by atoms with Gasteiger partial charge in [-0.25, -0.2) is 9.59 Å². The zero-order valence-electron chi connectivity index (χ0n) is 24.3. The molecule has 0 atom stereocenters. The SMILES string of the molecule is O=C(O)C=Cc1ccc(C(=O)C=Cc2ccc(OC(=O)C=Cc3ccc(O)c(C(=O)C=Cc4ccc(O)c(O)c4)c3)c(O)c2)c(O)c1. The standard InChI is InChI=1S/C36H26O11/c37-27(25-9-1-22(18-31(25)41)7-15-35(44)45)10-3-24-6-14-34(33(43)20-24)47-36(46)16-8-21-2-11-28(38)26(17-21)29(39)12-4-23-5-13-30(40)32(42)19-23/h1-20,38,40-43H,(H,44,45). The van der Waals surface area contributed by atoms with Gasteiger partial charge in [0.15, 0.2) is 34.6 Å². The summed E-state index contributed by atoms with van der Waals surface area (Å²) in [4.78, 5) is 48.3. The Bertz CT molecular complexity index is 2000. The van der Waals surface area contributed by atoms with Gasteiger partial charge in [0.05, 0.1) is 11.1 Å². The third-order valence-corrected chi connectivity index (χ3v) is 6.45. The molecule has 4 aromatic carbocycles. The van der Waals surface area contributed by atoms with E-state index in [0.717, 1.165) is 18.2 Å². The molecule has 0 fully saturated rings. The van der Waals surface area contributed by atoms with Crippen LogP contribution in [0.5, 0.6) is 34.5 Å². The lowest BCUT2D eigenvalue weighted by molar-refractivity contribution is -0.131. The molecule has 4 aromatic rings. The van der Waals surface area contributed by atoms with Crippen LogP contribution < -0.4 is 4.74 Å². The lowest BCUT2D eigenvalue weighted by atomic mass is 10.0. The van der Waals surface area contributed by atoms with Crippen LogP contribution in [0.15, 0.2) is 97.1 Å². The molecule has 47 heavy (non-hydrogen) atoms. The number of rotatable bonds is 11. The molecule has 0 unspecified atom stereocenters. The number of carboxylic acid groups (broad SMARTS) is 1. The van der Waals surface area contributed by atoms with Crippen LogP contribution in [0.4, 0.5) is 0 Å². The van der Waals surface area contributed by atoms with E-state index in [1.165, 1.54) is 103 Å². The molecular weight excluding hydrogens is 608 g/mol. The van der Waals surface area contributed by atoms with Gasteiger partial charge in [0.1, 0.15) is 11.5 Å². The molecule has 0 amide bonds. The molecule has 11 nitrogen and oxygen atoms in total. The van der Waals surface area contributed by atoms with Crippen LogP contribution in [0.2, 0.25) is 0 Å². The van der Waals surface area contributed by atoms with Crippen molar-refractivity contribution in [1.82, 2.24) is 0 Å². The Hall–Kier alpha value is -6.88. The highest BCUT2D eigenvalue weighted by Crippen LogP contribution is 2.29. The number of hydrogen-bond acceptors (Lipinski definition) is 10. The van der Waals surface area contributed by atoms with Gasteiger partial charge >= 0.3 is 11.9 Å². The molecule has 0 aliphatic rings. The van der Waals surface area contributed by atoms with Crippen LogP contribution in [-0.4, -0.2) is 54.1 Å². The summed E-state index contributed by atoms with van der Waals surface area (Å²) in [7, 11) is 0. The Morgan fingerprint density at radius 1 is 0.468 bits per heavy atom. The summed E-state index contributed by atoms with van der Waals surface area (Å²) >= 11 is 0. The number of ketones is 2. The Balaban J connectivity index is 1.38. The molecular formula is C36H26O11. The first-order valence-electron chi connectivity index (χ1n) is 13.7. The predicted molar refractivity (Wildman–Crippen MR) is 172 cm³/mol. The number of hydrogen-bond donors (Lipinski definition) is 6. The molecule has 0 spiro atoms. The lowest BCUT2D eigenvalue weighted by Crippen LogP contribution is -2.04. The topological polar surface area (TPSA) is 199 Å². The lowest BCUT2D eigenvalue weighted by Gasteiger charge is -2.06. The Labute approximate surface area is 267 Å². The normalized spacial score (nSPS) is 11.5. The summed E-state index contributed by atoms with van der Waals surface area (Å²) < 4.78 is 5.18. The van der Waals surface area contributed by atoms with E-state index in [0.29, 0.717) is 22.3 Å². The molecule has 0 heterocycles. The maximum Gasteiger partial charge on any atom is 0.336 e. The van der Waals surface area contributed by atoms with Gasteiger partial charge in [-0.2, -0.15) is 0 Å². The highest BCUT2D eigenvalue weighted by molar-refractivity contribution is 6.09. The molecule has 0 aromatic heterocycles. The van der Waals surface area contributed by atoms with E-state index in [9.17, 15) is 44.7 Å². The van der Waals surface area contributed by atoms with E-state index in [4.69, 9.17) is 9.84 Å². The average molecular weight is 635 g/mol. The van der Waals surface area contributed by atoms with Crippen molar-refractivity contribution >= 4 is 47.8 Å². The highest BCUT2D eigenvalue weighted by Gasteiger charge is 2.12. The minimum absolute atomic E-state index is 0.0212. The van der Waals surface area contributed by atoms with E-state index in [1.54, 1.807) is 0 Å². The number of allylic oxidation sites excluding steroid dienone is 2. The zero-order valence-corrected chi connectivity index (χ0v) is 24.3. The predicted octanol–water partition coefficient (Wildman–Crippen LogP) is 5.72. The number of ether oxygens (including phenoxy) is 1. The van der Waals surface area contributed by atoms with Crippen molar-refractivity contribution in [3.8, 4) is 34.5 Å². The number of carbonyl (C=O) groups is 4. The quantitative estimate of drug-likeness (QED) is 0.0387. The first kappa shape index (κ1) is 33.0. The Morgan fingerprint density at radius 3 is 1.55 bits per heavy atom. The third-order valence-electron chi connectivity index (χ3n) is 6.45. The highest BCUT2D eigenvalue weighted by atomic mass is 16.5. The molecule has 0 saturated carbocycles. The molecule has 0 radical (unpaired) electrons. The van der Waals surface area contributed by atoms with Gasteiger partial charge < -0.3 is 35.4 Å². The van der Waals surface area contributed by atoms with Crippen LogP contribution in [0, 0.1) is 0 Å². The second kappa shape index (κ2) is 14.7. The first-order chi connectivity index (χ1) is 22.4. The molecule has 0 aliphatic heterocycles. The maximum atomic E-state index is 12.7. The summed E-state index contributed by atoms with van der Waals surface area (Å²) in [6.45, 7) is 0. The van der Waals surface area contributed by atoms with Gasteiger partial charge in [-0.1, -0.05) is 36.4 Å². The Kier molecular flexibility index (Phi) is 10.4. The fraction of sp³-hybridized carbons (Fsp3) is 0.